The van der Waals surface area contributed by atoms with Crippen LogP contribution >= 0.6 is 15.2 Å². The fourth-order valence-corrected chi connectivity index (χ4v) is 3.35. The van der Waals surface area contributed by atoms with Gasteiger partial charge >= 0.3 is 15.2 Å². The molecule has 1 rings (SSSR count). The lowest BCUT2D eigenvalue weighted by Gasteiger charge is -2.21. The van der Waals surface area contributed by atoms with Gasteiger partial charge in [-0.3, -0.25) is 14.1 Å². The summed E-state index contributed by atoms with van der Waals surface area (Å²) in [6.45, 7) is 1.68. The molecule has 0 amide bonds. The quantitative estimate of drug-likeness (QED) is 0.501. The van der Waals surface area contributed by atoms with Gasteiger partial charge in [0.1, 0.15) is 0 Å². The second kappa shape index (κ2) is 4.86. The summed E-state index contributed by atoms with van der Waals surface area (Å²) in [5.41, 5.74) is -1.45. The third-order valence-corrected chi connectivity index (χ3v) is 5.15. The topological polar surface area (TPSA) is 140 Å². The molecule has 0 aliphatic heterocycles. The molecular formula is C7H12N2O6P2. The smallest absolute Gasteiger partial charge is 0.360 e. The number of nitrogens with zero attached hydrogens (tertiary/aromatic N) is 1. The Morgan fingerprint density at radius 3 is 2.12 bits per heavy atom. The molecule has 1 aromatic rings. The molecule has 0 bridgehead atoms. The maximum atomic E-state index is 11.0. The molecular weight excluding hydrogens is 270 g/mol. The Labute approximate surface area is 97.0 Å². The lowest BCUT2D eigenvalue weighted by Crippen LogP contribution is -2.20. The third kappa shape index (κ3) is 4.20. The minimum absolute atomic E-state index is 0.127. The van der Waals surface area contributed by atoms with E-state index in [-0.39, 0.29) is 5.69 Å². The molecule has 96 valence electrons. The van der Waals surface area contributed by atoms with Gasteiger partial charge in [-0.05, 0) is 18.6 Å². The van der Waals surface area contributed by atoms with Gasteiger partial charge in [0.15, 0.2) is 0 Å². The van der Waals surface area contributed by atoms with E-state index in [2.05, 4.69) is 10.3 Å². The molecule has 0 atom stereocenters. The monoisotopic (exact) mass is 282 g/mol. The van der Waals surface area contributed by atoms with E-state index < -0.39 is 20.7 Å². The maximum Gasteiger partial charge on any atom is 0.360 e. The molecule has 0 aromatic carbocycles. The van der Waals surface area contributed by atoms with E-state index in [4.69, 9.17) is 19.6 Å². The van der Waals surface area contributed by atoms with E-state index in [1.807, 2.05) is 0 Å². The number of hydrogen-bond acceptors (Lipinski definition) is 4. The summed E-state index contributed by atoms with van der Waals surface area (Å²) in [7, 11) is -9.96. The van der Waals surface area contributed by atoms with Crippen molar-refractivity contribution < 1.29 is 28.7 Å². The van der Waals surface area contributed by atoms with Gasteiger partial charge < -0.3 is 24.9 Å². The van der Waals surface area contributed by atoms with Gasteiger partial charge in [-0.1, -0.05) is 0 Å². The van der Waals surface area contributed by atoms with Crippen molar-refractivity contribution >= 4 is 20.9 Å². The van der Waals surface area contributed by atoms with Gasteiger partial charge in [-0.25, -0.2) is 0 Å². The highest BCUT2D eigenvalue weighted by Crippen LogP contribution is 2.59. The highest BCUT2D eigenvalue weighted by molar-refractivity contribution is 7.71. The Balaban J connectivity index is 3.04. The molecule has 0 spiro atoms. The lowest BCUT2D eigenvalue weighted by atomic mass is 10.3. The van der Waals surface area contributed by atoms with Crippen LogP contribution in [0.4, 0.5) is 5.69 Å². The molecule has 0 aliphatic rings. The minimum atomic E-state index is -4.98. The summed E-state index contributed by atoms with van der Waals surface area (Å²) in [5, 5.41) is 2.11. The summed E-state index contributed by atoms with van der Waals surface area (Å²) in [6, 6.07) is 1.46. The van der Waals surface area contributed by atoms with Crippen molar-refractivity contribution in [3.05, 3.63) is 24.0 Å². The largest absolute Gasteiger partial charge is 0.360 e. The highest BCUT2D eigenvalue weighted by atomic mass is 31.2. The third-order valence-electron chi connectivity index (χ3n) is 1.81. The first-order valence-corrected chi connectivity index (χ1v) is 7.75. The van der Waals surface area contributed by atoms with Gasteiger partial charge in [-0.2, -0.15) is 0 Å². The highest BCUT2D eigenvalue weighted by Gasteiger charge is 2.43. The van der Waals surface area contributed by atoms with Crippen LogP contribution in [0, 0.1) is 6.92 Å². The molecule has 5 N–H and O–H groups in total. The number of nitrogens with one attached hydrogen (secondary N) is 1. The Morgan fingerprint density at radius 2 is 1.71 bits per heavy atom. The van der Waals surface area contributed by atoms with Gasteiger partial charge in [-0.15, -0.1) is 0 Å². The van der Waals surface area contributed by atoms with E-state index in [1.165, 1.54) is 18.5 Å². The molecule has 0 saturated carbocycles. The molecule has 0 saturated heterocycles. The van der Waals surface area contributed by atoms with Crippen molar-refractivity contribution in [2.45, 2.75) is 12.4 Å². The van der Waals surface area contributed by atoms with Crippen LogP contribution in [0.5, 0.6) is 0 Å². The Bertz CT molecular complexity index is 473. The van der Waals surface area contributed by atoms with Gasteiger partial charge in [0.25, 0.3) is 0 Å². The summed E-state index contributed by atoms with van der Waals surface area (Å²) >= 11 is 0. The van der Waals surface area contributed by atoms with E-state index >= 15 is 0 Å². The second-order valence-corrected chi connectivity index (χ2v) is 7.24. The second-order valence-electron chi connectivity index (χ2n) is 3.45. The van der Waals surface area contributed by atoms with Crippen LogP contribution in [0.15, 0.2) is 18.5 Å². The average molecular weight is 282 g/mol. The zero-order valence-corrected chi connectivity index (χ0v) is 10.5. The SMILES string of the molecule is Cc1cncc(NC(P(=O)(O)O)P(=O)(O)O)c1. The first-order valence-electron chi connectivity index (χ1n) is 4.39. The Hall–Kier alpha value is -0.750. The molecule has 8 nitrogen and oxygen atoms in total. The van der Waals surface area contributed by atoms with E-state index in [0.717, 1.165) is 0 Å². The molecule has 10 heteroatoms. The molecule has 0 fully saturated rings. The van der Waals surface area contributed by atoms with Crippen LogP contribution in [-0.2, 0) is 9.13 Å². The summed E-state index contributed by atoms with van der Waals surface area (Å²) < 4.78 is 22.0. The number of hydrogen-bond donors (Lipinski definition) is 5. The number of aromatic nitrogens is 1. The van der Waals surface area contributed by atoms with Crippen LogP contribution < -0.4 is 5.32 Å². The normalized spacial score (nSPS) is 12.8. The fraction of sp³-hybridized carbons (Fsp3) is 0.286. The van der Waals surface area contributed by atoms with Crippen molar-refractivity contribution in [3.8, 4) is 0 Å². The lowest BCUT2D eigenvalue weighted by molar-refractivity contribution is 0.343. The number of pyridine rings is 1. The standard InChI is InChI=1S/C7H12N2O6P2/c1-5-2-6(4-8-3-5)9-7(16(10,11)12)17(13,14)15/h2-4,7,9H,1H3,(H2,10,11,12)(H2,13,14,15). The number of aryl methyl sites for hydroxylation is 1. The van der Waals surface area contributed by atoms with E-state index in [9.17, 15) is 9.13 Å². The maximum absolute atomic E-state index is 11.0. The van der Waals surface area contributed by atoms with Gasteiger partial charge in [0.05, 0.1) is 5.69 Å². The van der Waals surface area contributed by atoms with Crippen LogP contribution in [0.25, 0.3) is 0 Å². The summed E-state index contributed by atoms with van der Waals surface area (Å²) in [6.07, 6.45) is 2.71. The molecule has 1 heterocycles. The summed E-state index contributed by atoms with van der Waals surface area (Å²) in [4.78, 5) is 39.3. The Morgan fingerprint density at radius 1 is 1.18 bits per heavy atom. The molecule has 17 heavy (non-hydrogen) atoms. The predicted molar refractivity (Wildman–Crippen MR) is 60.5 cm³/mol. The molecule has 0 aliphatic carbocycles. The van der Waals surface area contributed by atoms with E-state index in [0.29, 0.717) is 5.56 Å². The van der Waals surface area contributed by atoms with Crippen LogP contribution in [0.1, 0.15) is 5.56 Å². The zero-order chi connectivity index (χ0) is 13.3. The number of rotatable bonds is 4. The van der Waals surface area contributed by atoms with Gasteiger partial charge in [0.2, 0.25) is 5.52 Å². The Kier molecular flexibility index (Phi) is 4.09. The first kappa shape index (κ1) is 14.3. The predicted octanol–water partition coefficient (Wildman–Crippen LogP) is 0.441. The van der Waals surface area contributed by atoms with Crippen LogP contribution in [0.2, 0.25) is 0 Å². The zero-order valence-electron chi connectivity index (χ0n) is 8.76. The fourth-order valence-electron chi connectivity index (χ4n) is 1.15. The van der Waals surface area contributed by atoms with Crippen LogP contribution in [-0.4, -0.2) is 30.1 Å². The molecule has 1 aromatic heterocycles. The van der Waals surface area contributed by atoms with Gasteiger partial charge in [0, 0.05) is 12.4 Å². The van der Waals surface area contributed by atoms with Crippen molar-refractivity contribution in [1.82, 2.24) is 4.98 Å². The first-order chi connectivity index (χ1) is 7.60. The van der Waals surface area contributed by atoms with Crippen LogP contribution in [0.3, 0.4) is 0 Å². The number of anilines is 1. The summed E-state index contributed by atoms with van der Waals surface area (Å²) in [5.74, 6) is 0. The van der Waals surface area contributed by atoms with Crippen molar-refractivity contribution in [2.75, 3.05) is 5.32 Å². The van der Waals surface area contributed by atoms with Crippen molar-refractivity contribution in [2.24, 2.45) is 0 Å². The van der Waals surface area contributed by atoms with E-state index in [1.54, 1.807) is 6.92 Å². The van der Waals surface area contributed by atoms with Crippen molar-refractivity contribution in [3.63, 3.8) is 0 Å². The average Bonchev–Trinajstić information content (AvgIpc) is 2.10. The van der Waals surface area contributed by atoms with Crippen molar-refractivity contribution in [1.29, 1.82) is 0 Å². The molecule has 0 unspecified atom stereocenters. The molecule has 0 radical (unpaired) electrons. The minimum Gasteiger partial charge on any atom is -0.360 e.